The number of hydrogen-bond donors (Lipinski definition) is 0. The second kappa shape index (κ2) is 10.0. The summed E-state index contributed by atoms with van der Waals surface area (Å²) in [5.41, 5.74) is 0.608. The molecular weight excluding hydrogens is 423 g/mol. The highest BCUT2D eigenvalue weighted by Gasteiger charge is 2.23. The molecule has 29 heavy (non-hydrogen) atoms. The van der Waals surface area contributed by atoms with Crippen LogP contribution in [0.4, 0.5) is 18.3 Å². The van der Waals surface area contributed by atoms with Gasteiger partial charge >= 0.3 is 0 Å². The van der Waals surface area contributed by atoms with Gasteiger partial charge in [0.2, 0.25) is 0 Å². The van der Waals surface area contributed by atoms with Gasteiger partial charge < -0.3 is 4.90 Å². The normalized spacial score (nSPS) is 11.0. The number of anilines is 1. The molecule has 0 aliphatic carbocycles. The number of rotatable bonds is 7. The second-order valence-corrected chi connectivity index (χ2v) is 7.23. The molecule has 3 aromatic rings. The number of carbonyl (C=O) groups is 1. The fourth-order valence-electron chi connectivity index (χ4n) is 2.85. The minimum Gasteiger partial charge on any atom is -0.302 e. The van der Waals surface area contributed by atoms with Crippen LogP contribution in [0.15, 0.2) is 36.4 Å². The molecule has 1 heterocycles. The highest BCUT2D eigenvalue weighted by atomic mass is 35.5. The quantitative estimate of drug-likeness (QED) is 0.508. The van der Waals surface area contributed by atoms with Gasteiger partial charge in [-0.2, -0.15) is 0 Å². The van der Waals surface area contributed by atoms with Gasteiger partial charge in [0.15, 0.2) is 16.8 Å². The van der Waals surface area contributed by atoms with Crippen LogP contribution >= 0.6 is 23.7 Å². The monoisotopic (exact) mass is 443 g/mol. The molecule has 0 spiro atoms. The van der Waals surface area contributed by atoms with E-state index in [2.05, 4.69) is 9.88 Å². The van der Waals surface area contributed by atoms with Crippen LogP contribution in [0, 0.1) is 17.5 Å². The Labute approximate surface area is 177 Å². The minimum absolute atomic E-state index is 0. The van der Waals surface area contributed by atoms with Crippen LogP contribution in [0.3, 0.4) is 0 Å². The summed E-state index contributed by atoms with van der Waals surface area (Å²) < 4.78 is 41.0. The molecule has 9 heteroatoms. The van der Waals surface area contributed by atoms with Crippen LogP contribution in [0.2, 0.25) is 0 Å². The van der Waals surface area contributed by atoms with E-state index in [1.165, 1.54) is 34.4 Å². The molecule has 0 saturated carbocycles. The van der Waals surface area contributed by atoms with Crippen LogP contribution in [0.25, 0.3) is 10.2 Å². The highest BCUT2D eigenvalue weighted by molar-refractivity contribution is 7.22. The Hall–Kier alpha value is -2.16. The maximum absolute atomic E-state index is 13.6. The van der Waals surface area contributed by atoms with E-state index in [-0.39, 0.29) is 23.8 Å². The SMILES string of the molecule is CCN(CC)CCN(C(=O)c1ccc(F)c(F)c1)c1nc2ccc(F)cc2s1.Cl. The number of benzene rings is 2. The van der Waals surface area contributed by atoms with Gasteiger partial charge in [0.1, 0.15) is 5.82 Å². The second-order valence-electron chi connectivity index (χ2n) is 6.22. The van der Waals surface area contributed by atoms with Gasteiger partial charge in [-0.15, -0.1) is 12.4 Å². The van der Waals surface area contributed by atoms with Crippen LogP contribution in [0.5, 0.6) is 0 Å². The average Bonchev–Trinajstić information content (AvgIpc) is 3.09. The molecular formula is C20H21ClF3N3OS. The molecule has 0 saturated heterocycles. The molecule has 0 N–H and O–H groups in total. The Morgan fingerprint density at radius 1 is 1.00 bits per heavy atom. The Morgan fingerprint density at radius 2 is 1.72 bits per heavy atom. The van der Waals surface area contributed by atoms with Crippen molar-refractivity contribution >= 4 is 45.0 Å². The van der Waals surface area contributed by atoms with E-state index in [0.29, 0.717) is 28.4 Å². The predicted molar refractivity (Wildman–Crippen MR) is 113 cm³/mol. The van der Waals surface area contributed by atoms with Gasteiger partial charge in [0, 0.05) is 18.7 Å². The lowest BCUT2D eigenvalue weighted by Gasteiger charge is -2.24. The van der Waals surface area contributed by atoms with E-state index in [4.69, 9.17) is 0 Å². The summed E-state index contributed by atoms with van der Waals surface area (Å²) in [6.07, 6.45) is 0. The zero-order valence-electron chi connectivity index (χ0n) is 16.0. The Balaban J connectivity index is 0.00000300. The lowest BCUT2D eigenvalue weighted by molar-refractivity contribution is 0.0983. The summed E-state index contributed by atoms with van der Waals surface area (Å²) in [5, 5.41) is 0.391. The minimum atomic E-state index is -1.08. The maximum Gasteiger partial charge on any atom is 0.260 e. The summed E-state index contributed by atoms with van der Waals surface area (Å²) in [5.74, 6) is -2.96. The van der Waals surface area contributed by atoms with Crippen molar-refractivity contribution < 1.29 is 18.0 Å². The number of nitrogens with zero attached hydrogens (tertiary/aromatic N) is 3. The zero-order chi connectivity index (χ0) is 20.3. The molecule has 156 valence electrons. The lowest BCUT2D eigenvalue weighted by atomic mass is 10.2. The van der Waals surface area contributed by atoms with Crippen LogP contribution < -0.4 is 4.90 Å². The first-order valence-electron chi connectivity index (χ1n) is 8.98. The van der Waals surface area contributed by atoms with Crippen molar-refractivity contribution in [3.8, 4) is 0 Å². The molecule has 0 unspecified atom stereocenters. The topological polar surface area (TPSA) is 36.4 Å². The summed E-state index contributed by atoms with van der Waals surface area (Å²) in [6.45, 7) is 6.58. The largest absolute Gasteiger partial charge is 0.302 e. The third-order valence-electron chi connectivity index (χ3n) is 4.52. The molecule has 0 bridgehead atoms. The van der Waals surface area contributed by atoms with Crippen LogP contribution in [-0.2, 0) is 0 Å². The van der Waals surface area contributed by atoms with E-state index in [9.17, 15) is 18.0 Å². The summed E-state index contributed by atoms with van der Waals surface area (Å²) in [4.78, 5) is 21.1. The van der Waals surface area contributed by atoms with Crippen molar-refractivity contribution in [3.63, 3.8) is 0 Å². The number of fused-ring (bicyclic) bond motifs is 1. The van der Waals surface area contributed by atoms with Gasteiger partial charge in [-0.3, -0.25) is 9.69 Å². The van der Waals surface area contributed by atoms with E-state index in [0.717, 1.165) is 25.2 Å². The molecule has 0 fully saturated rings. The summed E-state index contributed by atoms with van der Waals surface area (Å²) >= 11 is 1.18. The van der Waals surface area contributed by atoms with Crippen molar-refractivity contribution in [1.29, 1.82) is 0 Å². The first-order chi connectivity index (χ1) is 13.4. The molecule has 0 aliphatic rings. The number of carbonyl (C=O) groups excluding carboxylic acids is 1. The summed E-state index contributed by atoms with van der Waals surface area (Å²) in [7, 11) is 0. The van der Waals surface area contributed by atoms with Gasteiger partial charge in [-0.05, 0) is 49.5 Å². The number of likely N-dealkylation sites (N-methyl/N-ethyl adjacent to an activating group) is 1. The standard InChI is InChI=1S/C20H20F3N3OS.ClH/c1-3-25(4-2)9-10-26(19(27)13-5-7-15(22)16(23)11-13)20-24-17-8-6-14(21)12-18(17)28-20;/h5-8,11-12H,3-4,9-10H2,1-2H3;1H. The highest BCUT2D eigenvalue weighted by Crippen LogP contribution is 2.30. The fourth-order valence-corrected chi connectivity index (χ4v) is 3.87. The van der Waals surface area contributed by atoms with E-state index < -0.39 is 17.5 Å². The van der Waals surface area contributed by atoms with Gasteiger partial charge in [-0.25, -0.2) is 18.2 Å². The molecule has 1 aromatic heterocycles. The fraction of sp³-hybridized carbons (Fsp3) is 0.300. The number of amides is 1. The smallest absolute Gasteiger partial charge is 0.260 e. The molecule has 4 nitrogen and oxygen atoms in total. The van der Waals surface area contributed by atoms with Crippen LogP contribution in [-0.4, -0.2) is 42.0 Å². The lowest BCUT2D eigenvalue weighted by Crippen LogP contribution is -2.39. The third-order valence-corrected chi connectivity index (χ3v) is 5.56. The molecule has 1 amide bonds. The number of hydrogen-bond acceptors (Lipinski definition) is 4. The molecule has 3 rings (SSSR count). The van der Waals surface area contributed by atoms with Crippen molar-refractivity contribution in [1.82, 2.24) is 9.88 Å². The van der Waals surface area contributed by atoms with E-state index in [1.54, 1.807) is 6.07 Å². The molecule has 0 atom stereocenters. The number of halogens is 4. The first kappa shape index (κ1) is 23.1. The maximum atomic E-state index is 13.6. The number of aromatic nitrogens is 1. The van der Waals surface area contributed by atoms with Crippen molar-refractivity contribution in [2.75, 3.05) is 31.1 Å². The van der Waals surface area contributed by atoms with Crippen molar-refractivity contribution in [2.24, 2.45) is 0 Å². The Bertz CT molecular complexity index is 994. The summed E-state index contributed by atoms with van der Waals surface area (Å²) in [6, 6.07) is 7.28. The van der Waals surface area contributed by atoms with Gasteiger partial charge in [0.05, 0.1) is 10.2 Å². The third kappa shape index (κ3) is 5.26. The predicted octanol–water partition coefficient (Wildman–Crippen LogP) is 5.12. The number of thiazole rings is 1. The molecule has 2 aromatic carbocycles. The van der Waals surface area contributed by atoms with Gasteiger partial charge in [0.25, 0.3) is 5.91 Å². The van der Waals surface area contributed by atoms with Crippen LogP contribution in [0.1, 0.15) is 24.2 Å². The van der Waals surface area contributed by atoms with Crippen molar-refractivity contribution in [2.45, 2.75) is 13.8 Å². The van der Waals surface area contributed by atoms with Crippen molar-refractivity contribution in [3.05, 3.63) is 59.4 Å². The first-order valence-corrected chi connectivity index (χ1v) is 9.80. The molecule has 0 aliphatic heterocycles. The Morgan fingerprint density at radius 3 is 2.38 bits per heavy atom. The Kier molecular flexibility index (Phi) is 8.01. The zero-order valence-corrected chi connectivity index (χ0v) is 17.6. The van der Waals surface area contributed by atoms with E-state index in [1.807, 2.05) is 13.8 Å². The van der Waals surface area contributed by atoms with Gasteiger partial charge in [-0.1, -0.05) is 25.2 Å². The van der Waals surface area contributed by atoms with E-state index >= 15 is 0 Å². The molecule has 0 radical (unpaired) electrons. The average molecular weight is 444 g/mol.